The average Bonchev–Trinajstić information content (AvgIpc) is 2.22. The largest absolute Gasteiger partial charge is 0.393 e. The van der Waals surface area contributed by atoms with E-state index in [1.54, 1.807) is 0 Å². The van der Waals surface area contributed by atoms with Crippen molar-refractivity contribution in [3.8, 4) is 0 Å². The van der Waals surface area contributed by atoms with Crippen molar-refractivity contribution >= 4 is 0 Å². The van der Waals surface area contributed by atoms with Gasteiger partial charge >= 0.3 is 0 Å². The second-order valence-electron chi connectivity index (χ2n) is 4.91. The Bertz CT molecular complexity index is 184. The van der Waals surface area contributed by atoms with Gasteiger partial charge in [-0.25, -0.2) is 0 Å². The molecule has 4 heteroatoms. The van der Waals surface area contributed by atoms with Gasteiger partial charge in [-0.1, -0.05) is 12.8 Å². The maximum absolute atomic E-state index is 9.74. The van der Waals surface area contributed by atoms with E-state index in [0.29, 0.717) is 25.7 Å². The molecule has 0 heterocycles. The number of aliphatic hydroxyl groups excluding tert-OH is 3. The van der Waals surface area contributed by atoms with Crippen molar-refractivity contribution < 1.29 is 20.4 Å². The molecule has 96 valence electrons. The summed E-state index contributed by atoms with van der Waals surface area (Å²) >= 11 is 0. The molecular weight excluding hydrogens is 208 g/mol. The van der Waals surface area contributed by atoms with Crippen molar-refractivity contribution in [2.24, 2.45) is 5.92 Å². The first-order valence-corrected chi connectivity index (χ1v) is 6.32. The fraction of sp³-hybridized carbons (Fsp3) is 1.00. The molecule has 4 N–H and O–H groups in total. The van der Waals surface area contributed by atoms with Gasteiger partial charge in [-0.05, 0) is 44.4 Å². The van der Waals surface area contributed by atoms with Crippen molar-refractivity contribution in [2.45, 2.75) is 69.9 Å². The Morgan fingerprint density at radius 3 is 2.44 bits per heavy atom. The number of hydrogen-bond donors (Lipinski definition) is 4. The van der Waals surface area contributed by atoms with Crippen molar-refractivity contribution in [2.75, 3.05) is 0 Å². The number of aliphatic hydroxyl groups is 4. The summed E-state index contributed by atoms with van der Waals surface area (Å²) in [7, 11) is 0. The third-order valence-electron chi connectivity index (χ3n) is 3.45. The second-order valence-corrected chi connectivity index (χ2v) is 4.91. The molecule has 0 bridgehead atoms. The molecule has 3 unspecified atom stereocenters. The van der Waals surface area contributed by atoms with E-state index < -0.39 is 6.29 Å². The van der Waals surface area contributed by atoms with Gasteiger partial charge < -0.3 is 20.4 Å². The lowest BCUT2D eigenvalue weighted by Crippen LogP contribution is -2.31. The van der Waals surface area contributed by atoms with E-state index in [1.807, 2.05) is 0 Å². The molecule has 0 aromatic heterocycles. The zero-order valence-electron chi connectivity index (χ0n) is 9.76. The van der Waals surface area contributed by atoms with Gasteiger partial charge in [0.05, 0.1) is 12.2 Å². The molecule has 1 rings (SSSR count). The standard InChI is InChI=1S/C12H24O4/c13-10-6-7-11(14)9(8-10)4-2-1-3-5-12(15)16/h9-16H,1-8H2. The van der Waals surface area contributed by atoms with Crippen LogP contribution in [0.25, 0.3) is 0 Å². The topological polar surface area (TPSA) is 80.9 Å². The van der Waals surface area contributed by atoms with Gasteiger partial charge in [-0.15, -0.1) is 0 Å². The lowest BCUT2D eigenvalue weighted by atomic mass is 9.81. The first-order valence-electron chi connectivity index (χ1n) is 6.32. The van der Waals surface area contributed by atoms with Gasteiger partial charge in [0, 0.05) is 0 Å². The van der Waals surface area contributed by atoms with Crippen LogP contribution in [0.15, 0.2) is 0 Å². The molecule has 16 heavy (non-hydrogen) atoms. The molecule has 3 atom stereocenters. The molecule has 0 aromatic carbocycles. The molecule has 0 aromatic rings. The van der Waals surface area contributed by atoms with Crippen molar-refractivity contribution in [1.29, 1.82) is 0 Å². The van der Waals surface area contributed by atoms with E-state index in [0.717, 1.165) is 25.7 Å². The Hall–Kier alpha value is -0.160. The van der Waals surface area contributed by atoms with Crippen LogP contribution < -0.4 is 0 Å². The van der Waals surface area contributed by atoms with Crippen molar-refractivity contribution in [3.05, 3.63) is 0 Å². The Balaban J connectivity index is 2.07. The minimum absolute atomic E-state index is 0.225. The Kier molecular flexibility index (Phi) is 6.28. The van der Waals surface area contributed by atoms with Gasteiger partial charge in [-0.2, -0.15) is 0 Å². The summed E-state index contributed by atoms with van der Waals surface area (Å²) < 4.78 is 0. The summed E-state index contributed by atoms with van der Waals surface area (Å²) in [4.78, 5) is 0. The van der Waals surface area contributed by atoms with Crippen LogP contribution in [0.1, 0.15) is 51.4 Å². The highest BCUT2D eigenvalue weighted by atomic mass is 16.5. The van der Waals surface area contributed by atoms with Crippen LogP contribution in [0.5, 0.6) is 0 Å². The van der Waals surface area contributed by atoms with Gasteiger partial charge in [0.2, 0.25) is 0 Å². The van der Waals surface area contributed by atoms with Crippen LogP contribution in [0.3, 0.4) is 0 Å². The fourth-order valence-electron chi connectivity index (χ4n) is 2.44. The summed E-state index contributed by atoms with van der Waals surface area (Å²) in [5, 5.41) is 36.6. The Labute approximate surface area is 96.9 Å². The first kappa shape index (κ1) is 13.9. The molecule has 0 radical (unpaired) electrons. The van der Waals surface area contributed by atoms with E-state index in [9.17, 15) is 10.2 Å². The van der Waals surface area contributed by atoms with Crippen LogP contribution in [0, 0.1) is 5.92 Å². The number of hydrogen-bond acceptors (Lipinski definition) is 4. The molecule has 1 saturated carbocycles. The minimum atomic E-state index is -1.19. The highest BCUT2D eigenvalue weighted by Gasteiger charge is 2.27. The van der Waals surface area contributed by atoms with Gasteiger partial charge in [0.15, 0.2) is 6.29 Å². The van der Waals surface area contributed by atoms with Crippen LogP contribution in [-0.4, -0.2) is 38.9 Å². The molecule has 1 aliphatic rings. The molecular formula is C12H24O4. The first-order chi connectivity index (χ1) is 7.59. The lowest BCUT2D eigenvalue weighted by Gasteiger charge is -2.30. The average molecular weight is 232 g/mol. The van der Waals surface area contributed by atoms with Crippen molar-refractivity contribution in [3.63, 3.8) is 0 Å². The maximum atomic E-state index is 9.74. The predicted octanol–water partition coefficient (Wildman–Crippen LogP) is 0.769. The Morgan fingerprint density at radius 1 is 1.00 bits per heavy atom. The van der Waals surface area contributed by atoms with E-state index >= 15 is 0 Å². The normalized spacial score (nSPS) is 30.9. The fourth-order valence-corrected chi connectivity index (χ4v) is 2.44. The monoisotopic (exact) mass is 232 g/mol. The van der Waals surface area contributed by atoms with Crippen LogP contribution in [0.2, 0.25) is 0 Å². The number of unbranched alkanes of at least 4 members (excludes halogenated alkanes) is 2. The molecule has 0 amide bonds. The summed E-state index contributed by atoms with van der Waals surface area (Å²) in [6.45, 7) is 0. The zero-order valence-corrected chi connectivity index (χ0v) is 9.76. The molecule has 1 aliphatic carbocycles. The highest BCUT2D eigenvalue weighted by Crippen LogP contribution is 2.29. The van der Waals surface area contributed by atoms with Gasteiger partial charge in [0.25, 0.3) is 0 Å². The van der Waals surface area contributed by atoms with Crippen LogP contribution >= 0.6 is 0 Å². The van der Waals surface area contributed by atoms with E-state index in [2.05, 4.69) is 0 Å². The summed E-state index contributed by atoms with van der Waals surface area (Å²) in [5.41, 5.74) is 0. The van der Waals surface area contributed by atoms with E-state index in [-0.39, 0.29) is 18.1 Å². The van der Waals surface area contributed by atoms with Gasteiger partial charge in [0.1, 0.15) is 0 Å². The minimum Gasteiger partial charge on any atom is -0.393 e. The molecule has 0 aliphatic heterocycles. The molecule has 0 saturated heterocycles. The summed E-state index contributed by atoms with van der Waals surface area (Å²) in [5.74, 6) is 0.225. The molecule has 1 fully saturated rings. The quantitative estimate of drug-likeness (QED) is 0.403. The Morgan fingerprint density at radius 2 is 1.75 bits per heavy atom. The number of rotatable bonds is 6. The highest BCUT2D eigenvalue weighted by molar-refractivity contribution is 4.79. The van der Waals surface area contributed by atoms with Crippen LogP contribution in [0.4, 0.5) is 0 Å². The summed E-state index contributed by atoms with van der Waals surface area (Å²) in [6.07, 6.45) is 4.55. The smallest absolute Gasteiger partial charge is 0.151 e. The SMILES string of the molecule is OC(O)CCCCCC1CC(O)CCC1O. The van der Waals surface area contributed by atoms with E-state index in [4.69, 9.17) is 10.2 Å². The van der Waals surface area contributed by atoms with Crippen LogP contribution in [-0.2, 0) is 0 Å². The van der Waals surface area contributed by atoms with Crippen molar-refractivity contribution in [1.82, 2.24) is 0 Å². The maximum Gasteiger partial charge on any atom is 0.151 e. The second kappa shape index (κ2) is 7.22. The zero-order chi connectivity index (χ0) is 12.0. The van der Waals surface area contributed by atoms with Gasteiger partial charge in [-0.3, -0.25) is 0 Å². The lowest BCUT2D eigenvalue weighted by molar-refractivity contribution is -0.0468. The predicted molar refractivity (Wildman–Crippen MR) is 60.7 cm³/mol. The van der Waals surface area contributed by atoms with E-state index in [1.165, 1.54) is 0 Å². The third kappa shape index (κ3) is 5.25. The molecule has 0 spiro atoms. The molecule has 4 nitrogen and oxygen atoms in total. The summed E-state index contributed by atoms with van der Waals surface area (Å²) in [6, 6.07) is 0. The third-order valence-corrected chi connectivity index (χ3v) is 3.45.